The largest absolute Gasteiger partial charge is 0.379 e. The molecule has 25 heavy (non-hydrogen) atoms. The van der Waals surface area contributed by atoms with E-state index < -0.39 is 15.9 Å². The first-order chi connectivity index (χ1) is 12.0. The average Bonchev–Trinajstić information content (AvgIpc) is 3.06. The second-order valence-electron chi connectivity index (χ2n) is 6.08. The van der Waals surface area contributed by atoms with Gasteiger partial charge < -0.3 is 4.74 Å². The third kappa shape index (κ3) is 4.15. The molecule has 0 saturated carbocycles. The lowest BCUT2D eigenvalue weighted by Gasteiger charge is -2.26. The van der Waals surface area contributed by atoms with Crippen molar-refractivity contribution in [2.24, 2.45) is 5.10 Å². The molecule has 1 aromatic carbocycles. The molecule has 7 nitrogen and oxygen atoms in total. The fourth-order valence-corrected chi connectivity index (χ4v) is 4.22. The molecule has 0 unspecified atom stereocenters. The summed E-state index contributed by atoms with van der Waals surface area (Å²) in [6.45, 7) is 3.41. The van der Waals surface area contributed by atoms with Crippen molar-refractivity contribution in [3.8, 4) is 0 Å². The van der Waals surface area contributed by atoms with E-state index in [0.29, 0.717) is 26.3 Å². The number of ether oxygens (including phenoxy) is 1. The van der Waals surface area contributed by atoms with E-state index in [2.05, 4.69) is 10.5 Å². The van der Waals surface area contributed by atoms with Crippen LogP contribution in [0, 0.1) is 0 Å². The molecular weight excluding hydrogens is 342 g/mol. The molecule has 1 aliphatic heterocycles. The number of hydrazone groups is 1. The Hall–Kier alpha value is -2.03. The van der Waals surface area contributed by atoms with E-state index in [1.165, 1.54) is 22.0 Å². The number of morpholine rings is 1. The van der Waals surface area contributed by atoms with Gasteiger partial charge in [-0.2, -0.15) is 9.41 Å². The highest BCUT2D eigenvalue weighted by Crippen LogP contribution is 2.18. The second kappa shape index (κ2) is 7.47. The fourth-order valence-electron chi connectivity index (χ4n) is 2.76. The maximum atomic E-state index is 12.7. The summed E-state index contributed by atoms with van der Waals surface area (Å²) < 4.78 is 31.9. The Morgan fingerprint density at radius 3 is 2.68 bits per heavy atom. The van der Waals surface area contributed by atoms with Gasteiger partial charge in [-0.05, 0) is 44.0 Å². The van der Waals surface area contributed by atoms with Crippen LogP contribution in [0.1, 0.15) is 30.1 Å². The normalized spacial score (nSPS) is 20.5. The quantitative estimate of drug-likeness (QED) is 0.822. The molecule has 1 aromatic rings. The molecule has 134 valence electrons. The van der Waals surface area contributed by atoms with E-state index in [9.17, 15) is 13.2 Å². The third-order valence-electron chi connectivity index (χ3n) is 4.19. The minimum Gasteiger partial charge on any atom is -0.379 e. The zero-order valence-electron chi connectivity index (χ0n) is 14.1. The molecule has 1 saturated heterocycles. The molecule has 1 fully saturated rings. The van der Waals surface area contributed by atoms with Gasteiger partial charge in [0.25, 0.3) is 5.91 Å². The van der Waals surface area contributed by atoms with Crippen molar-refractivity contribution in [3.63, 3.8) is 0 Å². The van der Waals surface area contributed by atoms with Crippen molar-refractivity contribution >= 4 is 21.6 Å². The number of carbonyl (C=O) groups excluding carboxylic acids is 1. The lowest BCUT2D eigenvalue weighted by atomic mass is 10.2. The van der Waals surface area contributed by atoms with E-state index in [-0.39, 0.29) is 10.5 Å². The number of carbonyl (C=O) groups is 1. The second-order valence-corrected chi connectivity index (χ2v) is 8.02. The van der Waals surface area contributed by atoms with Crippen molar-refractivity contribution < 1.29 is 17.9 Å². The molecule has 0 spiro atoms. The standard InChI is InChI=1S/C17H21N3O4S/c1-13-5-6-15(11-13)18-19-17(21)14-3-2-4-16(12-14)25(22,23)20-7-9-24-10-8-20/h2-4,11-12H,5-10H2,1H3,(H,19,21)/b18-15-. The van der Waals surface area contributed by atoms with E-state index >= 15 is 0 Å². The number of rotatable bonds is 4. The SMILES string of the molecule is CC1=C/C(=N\NC(=O)c2cccc(S(=O)(=O)N3CCOCC3)c2)CC1. The monoisotopic (exact) mass is 363 g/mol. The number of sulfonamides is 1. The van der Waals surface area contributed by atoms with Gasteiger partial charge in [-0.15, -0.1) is 0 Å². The number of amides is 1. The molecule has 1 N–H and O–H groups in total. The van der Waals surface area contributed by atoms with Crippen molar-refractivity contribution in [1.29, 1.82) is 0 Å². The Morgan fingerprint density at radius 1 is 1.24 bits per heavy atom. The van der Waals surface area contributed by atoms with E-state index in [1.807, 2.05) is 13.0 Å². The van der Waals surface area contributed by atoms with Crippen molar-refractivity contribution in [2.45, 2.75) is 24.7 Å². The zero-order chi connectivity index (χ0) is 17.9. The zero-order valence-corrected chi connectivity index (χ0v) is 14.9. The number of allylic oxidation sites excluding steroid dienone is 2. The fraction of sp³-hybridized carbons (Fsp3) is 0.412. The first-order valence-corrected chi connectivity index (χ1v) is 9.63. The third-order valence-corrected chi connectivity index (χ3v) is 6.09. The molecule has 3 rings (SSSR count). The van der Waals surface area contributed by atoms with Gasteiger partial charge in [-0.25, -0.2) is 13.8 Å². The van der Waals surface area contributed by atoms with Gasteiger partial charge in [0.2, 0.25) is 10.0 Å². The van der Waals surface area contributed by atoms with Gasteiger partial charge >= 0.3 is 0 Å². The molecular formula is C17H21N3O4S. The van der Waals surface area contributed by atoms with Gasteiger partial charge in [0.1, 0.15) is 0 Å². The van der Waals surface area contributed by atoms with Crippen molar-refractivity contribution in [3.05, 3.63) is 41.5 Å². The van der Waals surface area contributed by atoms with Gasteiger partial charge in [-0.3, -0.25) is 4.79 Å². The highest BCUT2D eigenvalue weighted by Gasteiger charge is 2.26. The van der Waals surface area contributed by atoms with Crippen LogP contribution in [0.3, 0.4) is 0 Å². The summed E-state index contributed by atoms with van der Waals surface area (Å²) in [5.41, 5.74) is 4.81. The Bertz CT molecular complexity index is 824. The number of nitrogens with one attached hydrogen (secondary N) is 1. The summed E-state index contributed by atoms with van der Waals surface area (Å²) in [4.78, 5) is 12.4. The molecule has 0 atom stereocenters. The van der Waals surface area contributed by atoms with E-state index in [4.69, 9.17) is 4.74 Å². The molecule has 1 heterocycles. The molecule has 0 bridgehead atoms. The maximum Gasteiger partial charge on any atom is 0.271 e. The molecule has 2 aliphatic rings. The molecule has 0 aromatic heterocycles. The van der Waals surface area contributed by atoms with Gasteiger partial charge in [0.05, 0.1) is 23.8 Å². The summed E-state index contributed by atoms with van der Waals surface area (Å²) in [5.74, 6) is -0.426. The Labute approximate surface area is 147 Å². The van der Waals surface area contributed by atoms with Crippen molar-refractivity contribution in [1.82, 2.24) is 9.73 Å². The Balaban J connectivity index is 1.75. The smallest absolute Gasteiger partial charge is 0.271 e. The van der Waals surface area contributed by atoms with E-state index in [1.54, 1.807) is 12.1 Å². The number of hydrogen-bond acceptors (Lipinski definition) is 5. The van der Waals surface area contributed by atoms with Crippen LogP contribution in [0.5, 0.6) is 0 Å². The highest BCUT2D eigenvalue weighted by molar-refractivity contribution is 7.89. The number of benzene rings is 1. The topological polar surface area (TPSA) is 88.1 Å². The van der Waals surface area contributed by atoms with Crippen LogP contribution in [0.15, 0.2) is 45.9 Å². The molecule has 1 aliphatic carbocycles. The summed E-state index contributed by atoms with van der Waals surface area (Å²) in [5, 5.41) is 4.10. The van der Waals surface area contributed by atoms with Crippen LogP contribution in [0.2, 0.25) is 0 Å². The number of hydrogen-bond donors (Lipinski definition) is 1. The first-order valence-electron chi connectivity index (χ1n) is 8.19. The summed E-state index contributed by atoms with van der Waals surface area (Å²) in [6, 6.07) is 6.02. The van der Waals surface area contributed by atoms with E-state index in [0.717, 1.165) is 18.6 Å². The van der Waals surface area contributed by atoms with Gasteiger partial charge in [0, 0.05) is 18.7 Å². The summed E-state index contributed by atoms with van der Waals surface area (Å²) >= 11 is 0. The maximum absolute atomic E-state index is 12.7. The highest BCUT2D eigenvalue weighted by atomic mass is 32.2. The lowest BCUT2D eigenvalue weighted by Crippen LogP contribution is -2.40. The first kappa shape index (κ1) is 17.8. The molecule has 1 amide bonds. The van der Waals surface area contributed by atoms with Crippen LogP contribution in [0.4, 0.5) is 0 Å². The van der Waals surface area contributed by atoms with Crippen LogP contribution < -0.4 is 5.43 Å². The Kier molecular flexibility index (Phi) is 5.31. The van der Waals surface area contributed by atoms with Gasteiger partial charge in [0.15, 0.2) is 0 Å². The Morgan fingerprint density at radius 2 is 2.00 bits per heavy atom. The summed E-state index contributed by atoms with van der Waals surface area (Å²) in [7, 11) is -3.63. The lowest BCUT2D eigenvalue weighted by molar-refractivity contribution is 0.0730. The number of nitrogens with zero attached hydrogens (tertiary/aromatic N) is 2. The minimum atomic E-state index is -3.63. The predicted octanol–water partition coefficient (Wildman–Crippen LogP) is 1.53. The minimum absolute atomic E-state index is 0.103. The molecule has 8 heteroatoms. The van der Waals surface area contributed by atoms with Crippen LogP contribution >= 0.6 is 0 Å². The van der Waals surface area contributed by atoms with Crippen molar-refractivity contribution in [2.75, 3.05) is 26.3 Å². The van der Waals surface area contributed by atoms with Crippen LogP contribution in [-0.2, 0) is 14.8 Å². The predicted molar refractivity (Wildman–Crippen MR) is 93.9 cm³/mol. The average molecular weight is 363 g/mol. The van der Waals surface area contributed by atoms with Crippen LogP contribution in [0.25, 0.3) is 0 Å². The van der Waals surface area contributed by atoms with Crippen LogP contribution in [-0.4, -0.2) is 50.6 Å². The summed E-state index contributed by atoms with van der Waals surface area (Å²) in [6.07, 6.45) is 3.69. The van der Waals surface area contributed by atoms with Gasteiger partial charge in [-0.1, -0.05) is 11.6 Å². The molecule has 0 radical (unpaired) electrons.